The predicted molar refractivity (Wildman–Crippen MR) is 78.4 cm³/mol. The van der Waals surface area contributed by atoms with Gasteiger partial charge in [-0.1, -0.05) is 11.2 Å². The highest BCUT2D eigenvalue weighted by Crippen LogP contribution is 2.31. The van der Waals surface area contributed by atoms with E-state index in [1.807, 2.05) is 6.07 Å². The Kier molecular flexibility index (Phi) is 3.00. The third-order valence-corrected chi connectivity index (χ3v) is 5.04. The van der Waals surface area contributed by atoms with Crippen molar-refractivity contribution in [2.24, 2.45) is 5.92 Å². The van der Waals surface area contributed by atoms with Crippen LogP contribution in [0.25, 0.3) is 11.0 Å². The number of hydrogen-bond acceptors (Lipinski definition) is 4. The Bertz CT molecular complexity index is 601. The van der Waals surface area contributed by atoms with Gasteiger partial charge in [-0.2, -0.15) is 0 Å². The van der Waals surface area contributed by atoms with E-state index in [9.17, 15) is 0 Å². The van der Waals surface area contributed by atoms with Crippen molar-refractivity contribution in [3.63, 3.8) is 0 Å². The van der Waals surface area contributed by atoms with Gasteiger partial charge in [0.15, 0.2) is 5.58 Å². The monoisotopic (exact) mass is 271 g/mol. The normalized spacial score (nSPS) is 29.4. The number of benzene rings is 1. The Balaban J connectivity index is 1.50. The molecule has 2 bridgehead atoms. The maximum Gasteiger partial charge on any atom is 0.166 e. The molecule has 0 amide bonds. The van der Waals surface area contributed by atoms with Crippen molar-refractivity contribution in [3.05, 3.63) is 30.0 Å². The number of nitrogens with zero attached hydrogens (tertiary/aromatic N) is 3. The molecule has 2 aromatic rings. The molecule has 106 valence electrons. The molecule has 0 radical (unpaired) electrons. The lowest BCUT2D eigenvalue weighted by atomic mass is 9.83. The van der Waals surface area contributed by atoms with Crippen molar-refractivity contribution in [3.8, 4) is 0 Å². The topological polar surface area (TPSA) is 32.5 Å². The number of hydrogen-bond donors (Lipinski definition) is 0. The zero-order chi connectivity index (χ0) is 13.5. The Morgan fingerprint density at radius 1 is 1.35 bits per heavy atom. The van der Waals surface area contributed by atoms with Gasteiger partial charge in [-0.3, -0.25) is 4.90 Å². The molecular formula is C16H21N3O. The van der Waals surface area contributed by atoms with Gasteiger partial charge in [0.25, 0.3) is 0 Å². The van der Waals surface area contributed by atoms with Crippen LogP contribution in [0, 0.1) is 5.92 Å². The summed E-state index contributed by atoms with van der Waals surface area (Å²) in [5.74, 6) is 0.893. The summed E-state index contributed by atoms with van der Waals surface area (Å²) < 4.78 is 5.16. The molecule has 3 aliphatic rings. The van der Waals surface area contributed by atoms with Gasteiger partial charge in [0.2, 0.25) is 0 Å². The minimum Gasteiger partial charge on any atom is -0.356 e. The van der Waals surface area contributed by atoms with E-state index < -0.39 is 0 Å². The maximum absolute atomic E-state index is 5.16. The van der Waals surface area contributed by atoms with Crippen LogP contribution < -0.4 is 0 Å². The standard InChI is InChI=1S/C16H21N3O/c1-18(15-11-19-6-4-13(15)5-7-19)10-12-2-3-16-14(8-12)9-17-20-16/h2-3,8-9,13,15H,4-7,10-11H2,1H3. The average Bonchev–Trinajstić information content (AvgIpc) is 2.96. The molecule has 0 aliphatic carbocycles. The van der Waals surface area contributed by atoms with Crippen LogP contribution in [0.4, 0.5) is 0 Å². The fraction of sp³-hybridized carbons (Fsp3) is 0.562. The minimum absolute atomic E-state index is 0.718. The second kappa shape index (κ2) is 4.86. The molecule has 1 atom stereocenters. The van der Waals surface area contributed by atoms with Gasteiger partial charge in [-0.15, -0.1) is 0 Å². The summed E-state index contributed by atoms with van der Waals surface area (Å²) in [5.41, 5.74) is 2.22. The molecule has 0 spiro atoms. The van der Waals surface area contributed by atoms with Gasteiger partial charge in [-0.05, 0) is 56.6 Å². The molecule has 1 aromatic heterocycles. The van der Waals surface area contributed by atoms with Crippen LogP contribution in [-0.4, -0.2) is 47.7 Å². The molecule has 3 fully saturated rings. The summed E-state index contributed by atoms with van der Waals surface area (Å²) in [6.07, 6.45) is 4.55. The minimum atomic E-state index is 0.718. The quantitative estimate of drug-likeness (QED) is 0.858. The number of rotatable bonds is 3. The molecule has 3 saturated heterocycles. The van der Waals surface area contributed by atoms with Gasteiger partial charge in [0.05, 0.1) is 6.20 Å². The molecular weight excluding hydrogens is 250 g/mol. The summed E-state index contributed by atoms with van der Waals surface area (Å²) >= 11 is 0. The summed E-state index contributed by atoms with van der Waals surface area (Å²) in [6.45, 7) is 4.87. The van der Waals surface area contributed by atoms with Crippen LogP contribution in [0.5, 0.6) is 0 Å². The Morgan fingerprint density at radius 3 is 2.95 bits per heavy atom. The van der Waals surface area contributed by atoms with Gasteiger partial charge in [0.1, 0.15) is 0 Å². The number of fused-ring (bicyclic) bond motifs is 4. The fourth-order valence-corrected chi connectivity index (χ4v) is 3.86. The first-order chi connectivity index (χ1) is 9.79. The molecule has 0 saturated carbocycles. The highest BCUT2D eigenvalue weighted by Gasteiger charge is 2.36. The summed E-state index contributed by atoms with van der Waals surface area (Å²) in [7, 11) is 2.27. The van der Waals surface area contributed by atoms with Crippen molar-refractivity contribution >= 4 is 11.0 Å². The van der Waals surface area contributed by atoms with E-state index in [0.29, 0.717) is 0 Å². The van der Waals surface area contributed by atoms with Crippen LogP contribution in [0.2, 0.25) is 0 Å². The first-order valence-electron chi connectivity index (χ1n) is 7.55. The molecule has 5 rings (SSSR count). The number of aromatic nitrogens is 1. The lowest BCUT2D eigenvalue weighted by Gasteiger charge is -2.48. The fourth-order valence-electron chi connectivity index (χ4n) is 3.86. The lowest BCUT2D eigenvalue weighted by molar-refractivity contribution is 0.0135. The molecule has 1 aromatic carbocycles. The van der Waals surface area contributed by atoms with Crippen LogP contribution in [0.15, 0.2) is 28.9 Å². The van der Waals surface area contributed by atoms with Crippen LogP contribution in [0.1, 0.15) is 18.4 Å². The van der Waals surface area contributed by atoms with Gasteiger partial charge in [-0.25, -0.2) is 0 Å². The van der Waals surface area contributed by atoms with Crippen molar-refractivity contribution < 1.29 is 4.52 Å². The largest absolute Gasteiger partial charge is 0.356 e. The summed E-state index contributed by atoms with van der Waals surface area (Å²) in [6, 6.07) is 7.10. The molecule has 20 heavy (non-hydrogen) atoms. The van der Waals surface area contributed by atoms with Crippen molar-refractivity contribution in [2.75, 3.05) is 26.7 Å². The first kappa shape index (κ1) is 12.4. The molecule has 4 heteroatoms. The first-order valence-corrected chi connectivity index (χ1v) is 7.55. The van der Waals surface area contributed by atoms with Crippen LogP contribution >= 0.6 is 0 Å². The van der Waals surface area contributed by atoms with E-state index >= 15 is 0 Å². The van der Waals surface area contributed by atoms with Crippen molar-refractivity contribution in [2.45, 2.75) is 25.4 Å². The summed E-state index contributed by atoms with van der Waals surface area (Å²) in [5, 5.41) is 4.95. The van der Waals surface area contributed by atoms with E-state index in [1.165, 1.54) is 38.0 Å². The van der Waals surface area contributed by atoms with Crippen LogP contribution in [-0.2, 0) is 6.54 Å². The lowest BCUT2D eigenvalue weighted by Crippen LogP contribution is -2.56. The van der Waals surface area contributed by atoms with E-state index in [1.54, 1.807) is 6.20 Å². The smallest absolute Gasteiger partial charge is 0.166 e. The number of likely N-dealkylation sites (N-methyl/N-ethyl adjacent to an activating group) is 1. The Labute approximate surface area is 119 Å². The van der Waals surface area contributed by atoms with Gasteiger partial charge in [0, 0.05) is 24.5 Å². The van der Waals surface area contributed by atoms with E-state index in [4.69, 9.17) is 4.52 Å². The van der Waals surface area contributed by atoms with Gasteiger partial charge < -0.3 is 9.42 Å². The zero-order valence-corrected chi connectivity index (χ0v) is 12.0. The van der Waals surface area contributed by atoms with E-state index in [-0.39, 0.29) is 0 Å². The average molecular weight is 271 g/mol. The van der Waals surface area contributed by atoms with Crippen molar-refractivity contribution in [1.82, 2.24) is 15.0 Å². The second-order valence-corrected chi connectivity index (χ2v) is 6.32. The molecule has 4 nitrogen and oxygen atoms in total. The molecule has 0 N–H and O–H groups in total. The predicted octanol–water partition coefficient (Wildman–Crippen LogP) is 2.35. The molecule has 1 unspecified atom stereocenters. The van der Waals surface area contributed by atoms with Gasteiger partial charge >= 0.3 is 0 Å². The molecule has 4 heterocycles. The molecule has 3 aliphatic heterocycles. The highest BCUT2D eigenvalue weighted by atomic mass is 16.5. The zero-order valence-electron chi connectivity index (χ0n) is 12.0. The maximum atomic E-state index is 5.16. The van der Waals surface area contributed by atoms with Crippen molar-refractivity contribution in [1.29, 1.82) is 0 Å². The van der Waals surface area contributed by atoms with E-state index in [2.05, 4.69) is 34.1 Å². The Morgan fingerprint density at radius 2 is 2.20 bits per heavy atom. The van der Waals surface area contributed by atoms with E-state index in [0.717, 1.165) is 29.5 Å². The third kappa shape index (κ3) is 2.13. The third-order valence-electron chi connectivity index (χ3n) is 5.04. The second-order valence-electron chi connectivity index (χ2n) is 6.32. The van der Waals surface area contributed by atoms with Crippen LogP contribution in [0.3, 0.4) is 0 Å². The summed E-state index contributed by atoms with van der Waals surface area (Å²) in [4.78, 5) is 5.15. The highest BCUT2D eigenvalue weighted by molar-refractivity contribution is 5.76. The Hall–Kier alpha value is -1.39. The number of piperidine rings is 3. The SMILES string of the molecule is CN(Cc1ccc2oncc2c1)C1CN2CCC1CC2.